The molecule has 0 aliphatic heterocycles. The molecule has 1 amide bonds. The number of carbonyl (C=O) groups is 2. The van der Waals surface area contributed by atoms with Crippen LogP contribution in [0.1, 0.15) is 23.7 Å². The van der Waals surface area contributed by atoms with Gasteiger partial charge in [-0.15, -0.1) is 0 Å². The number of nitrogens with one attached hydrogen (secondary N) is 1. The molecule has 1 aromatic carbocycles. The zero-order valence-corrected chi connectivity index (χ0v) is 10.7. The van der Waals surface area contributed by atoms with Crippen molar-refractivity contribution in [2.75, 3.05) is 0 Å². The van der Waals surface area contributed by atoms with Gasteiger partial charge in [-0.05, 0) is 25.1 Å². The Hall–Kier alpha value is -1.56. The van der Waals surface area contributed by atoms with E-state index >= 15 is 0 Å². The van der Waals surface area contributed by atoms with Gasteiger partial charge >= 0.3 is 5.97 Å². The molecule has 3 N–H and O–H groups in total. The Morgan fingerprint density at radius 2 is 2.12 bits per heavy atom. The second-order valence-corrected chi connectivity index (χ2v) is 4.55. The topological polar surface area (TPSA) is 86.6 Å². The zero-order chi connectivity index (χ0) is 13.0. The maximum Gasteiger partial charge on any atom is 0.305 e. The van der Waals surface area contributed by atoms with Gasteiger partial charge in [0.1, 0.15) is 5.75 Å². The van der Waals surface area contributed by atoms with E-state index in [9.17, 15) is 14.7 Å². The number of aromatic hydroxyl groups is 1. The number of amides is 1. The monoisotopic (exact) mass is 301 g/mol. The van der Waals surface area contributed by atoms with Gasteiger partial charge in [-0.2, -0.15) is 0 Å². The largest absolute Gasteiger partial charge is 0.507 e. The van der Waals surface area contributed by atoms with Crippen molar-refractivity contribution >= 4 is 27.8 Å². The Morgan fingerprint density at radius 3 is 2.71 bits per heavy atom. The quantitative estimate of drug-likeness (QED) is 0.791. The van der Waals surface area contributed by atoms with Gasteiger partial charge < -0.3 is 15.5 Å². The molecule has 92 valence electrons. The highest BCUT2D eigenvalue weighted by Crippen LogP contribution is 2.21. The summed E-state index contributed by atoms with van der Waals surface area (Å²) in [5.41, 5.74) is 0.108. The molecule has 0 fully saturated rings. The maximum atomic E-state index is 11.7. The van der Waals surface area contributed by atoms with Crippen LogP contribution in [0.4, 0.5) is 0 Å². The van der Waals surface area contributed by atoms with E-state index in [1.54, 1.807) is 13.0 Å². The molecule has 0 radical (unpaired) electrons. The van der Waals surface area contributed by atoms with Gasteiger partial charge in [0.15, 0.2) is 0 Å². The second kappa shape index (κ2) is 5.67. The van der Waals surface area contributed by atoms with Gasteiger partial charge in [-0.1, -0.05) is 15.9 Å². The molecule has 0 spiro atoms. The number of rotatable bonds is 4. The number of carbonyl (C=O) groups excluding carboxylic acids is 1. The highest BCUT2D eigenvalue weighted by Gasteiger charge is 2.15. The summed E-state index contributed by atoms with van der Waals surface area (Å²) in [5.74, 6) is -1.64. The predicted molar refractivity (Wildman–Crippen MR) is 65.0 cm³/mol. The number of phenols is 1. The van der Waals surface area contributed by atoms with Crippen molar-refractivity contribution in [1.82, 2.24) is 5.32 Å². The van der Waals surface area contributed by atoms with Gasteiger partial charge in [0, 0.05) is 10.5 Å². The van der Waals surface area contributed by atoms with E-state index in [0.717, 1.165) is 0 Å². The molecule has 0 saturated heterocycles. The highest BCUT2D eigenvalue weighted by molar-refractivity contribution is 9.10. The Morgan fingerprint density at radius 1 is 1.47 bits per heavy atom. The molecule has 0 aliphatic rings. The molecule has 0 bridgehead atoms. The van der Waals surface area contributed by atoms with Crippen molar-refractivity contribution in [2.24, 2.45) is 0 Å². The number of hydrogen-bond donors (Lipinski definition) is 3. The molecular formula is C11H12BrNO4. The lowest BCUT2D eigenvalue weighted by Gasteiger charge is -2.12. The summed E-state index contributed by atoms with van der Waals surface area (Å²) in [6.45, 7) is 1.58. The third kappa shape index (κ3) is 4.07. The molecule has 1 atom stereocenters. The van der Waals surface area contributed by atoms with Crippen LogP contribution in [-0.4, -0.2) is 28.1 Å². The van der Waals surface area contributed by atoms with Crippen molar-refractivity contribution < 1.29 is 19.8 Å². The van der Waals surface area contributed by atoms with E-state index in [0.29, 0.717) is 4.47 Å². The van der Waals surface area contributed by atoms with Gasteiger partial charge in [-0.3, -0.25) is 9.59 Å². The van der Waals surface area contributed by atoms with Crippen LogP contribution in [0.15, 0.2) is 22.7 Å². The minimum absolute atomic E-state index is 0.108. The highest BCUT2D eigenvalue weighted by atomic mass is 79.9. The molecule has 0 heterocycles. The van der Waals surface area contributed by atoms with Crippen molar-refractivity contribution in [2.45, 2.75) is 19.4 Å². The normalized spacial score (nSPS) is 11.9. The third-order valence-electron chi connectivity index (χ3n) is 2.06. The van der Waals surface area contributed by atoms with E-state index in [-0.39, 0.29) is 17.7 Å². The summed E-state index contributed by atoms with van der Waals surface area (Å²) < 4.78 is 0.659. The molecule has 0 aliphatic carbocycles. The lowest BCUT2D eigenvalue weighted by atomic mass is 10.1. The first-order chi connectivity index (χ1) is 7.90. The summed E-state index contributed by atoms with van der Waals surface area (Å²) >= 11 is 3.19. The van der Waals surface area contributed by atoms with E-state index in [1.807, 2.05) is 0 Å². The van der Waals surface area contributed by atoms with Crippen LogP contribution in [0.25, 0.3) is 0 Å². The molecule has 1 aromatic rings. The standard InChI is InChI=1S/C11H12BrNO4/c1-6(4-10(15)16)13-11(17)8-5-7(12)2-3-9(8)14/h2-3,5-6,14H,4H2,1H3,(H,13,17)(H,15,16). The van der Waals surface area contributed by atoms with Gasteiger partial charge in [-0.25, -0.2) is 0 Å². The van der Waals surface area contributed by atoms with Crippen molar-refractivity contribution in [1.29, 1.82) is 0 Å². The average Bonchev–Trinajstić information content (AvgIpc) is 2.20. The Bertz CT molecular complexity index is 447. The lowest BCUT2D eigenvalue weighted by molar-refractivity contribution is -0.137. The fourth-order valence-electron chi connectivity index (χ4n) is 1.30. The number of phenolic OH excluding ortho intramolecular Hbond substituents is 1. The van der Waals surface area contributed by atoms with E-state index < -0.39 is 17.9 Å². The number of hydrogen-bond acceptors (Lipinski definition) is 3. The van der Waals surface area contributed by atoms with Crippen LogP contribution in [0.5, 0.6) is 5.75 Å². The number of carboxylic acid groups (broad SMARTS) is 1. The van der Waals surface area contributed by atoms with Crippen LogP contribution in [0.3, 0.4) is 0 Å². The molecule has 6 heteroatoms. The zero-order valence-electron chi connectivity index (χ0n) is 9.11. The minimum atomic E-state index is -0.990. The molecule has 1 unspecified atom stereocenters. The lowest BCUT2D eigenvalue weighted by Crippen LogP contribution is -2.34. The first-order valence-electron chi connectivity index (χ1n) is 4.91. The SMILES string of the molecule is CC(CC(=O)O)NC(=O)c1cc(Br)ccc1O. The Balaban J connectivity index is 2.76. The fraction of sp³-hybridized carbons (Fsp3) is 0.273. The number of aliphatic carboxylic acids is 1. The number of halogens is 1. The summed E-state index contributed by atoms with van der Waals surface area (Å²) in [7, 11) is 0. The minimum Gasteiger partial charge on any atom is -0.507 e. The van der Waals surface area contributed by atoms with Crippen molar-refractivity contribution in [3.8, 4) is 5.75 Å². The van der Waals surface area contributed by atoms with Crippen LogP contribution in [0.2, 0.25) is 0 Å². The maximum absolute atomic E-state index is 11.7. The predicted octanol–water partition coefficient (Wildman–Crippen LogP) is 1.75. The summed E-state index contributed by atoms with van der Waals surface area (Å²) in [6, 6.07) is 3.96. The summed E-state index contributed by atoms with van der Waals surface area (Å²) in [4.78, 5) is 22.2. The molecular weight excluding hydrogens is 290 g/mol. The van der Waals surface area contributed by atoms with Crippen molar-refractivity contribution in [3.63, 3.8) is 0 Å². The fourth-order valence-corrected chi connectivity index (χ4v) is 1.67. The molecule has 0 saturated carbocycles. The first kappa shape index (κ1) is 13.5. The second-order valence-electron chi connectivity index (χ2n) is 3.63. The average molecular weight is 302 g/mol. The van der Waals surface area contributed by atoms with Crippen LogP contribution < -0.4 is 5.32 Å². The first-order valence-corrected chi connectivity index (χ1v) is 5.70. The van der Waals surface area contributed by atoms with Crippen LogP contribution in [-0.2, 0) is 4.79 Å². The van der Waals surface area contributed by atoms with Crippen LogP contribution >= 0.6 is 15.9 Å². The molecule has 1 rings (SSSR count). The Labute approximate surface area is 107 Å². The number of benzene rings is 1. The molecule has 0 aromatic heterocycles. The summed E-state index contributed by atoms with van der Waals surface area (Å²) in [6.07, 6.45) is -0.166. The van der Waals surface area contributed by atoms with Gasteiger partial charge in [0.2, 0.25) is 0 Å². The molecule has 5 nitrogen and oxygen atoms in total. The van der Waals surface area contributed by atoms with E-state index in [1.165, 1.54) is 12.1 Å². The summed E-state index contributed by atoms with van der Waals surface area (Å²) in [5, 5.41) is 20.6. The van der Waals surface area contributed by atoms with Crippen molar-refractivity contribution in [3.05, 3.63) is 28.2 Å². The van der Waals surface area contributed by atoms with Gasteiger partial charge in [0.05, 0.1) is 12.0 Å². The van der Waals surface area contributed by atoms with Crippen LogP contribution in [0, 0.1) is 0 Å². The smallest absolute Gasteiger partial charge is 0.305 e. The van der Waals surface area contributed by atoms with E-state index in [4.69, 9.17) is 5.11 Å². The number of carboxylic acids is 1. The Kier molecular flexibility index (Phi) is 4.51. The molecule has 17 heavy (non-hydrogen) atoms. The third-order valence-corrected chi connectivity index (χ3v) is 2.55. The van der Waals surface area contributed by atoms with E-state index in [2.05, 4.69) is 21.2 Å². The van der Waals surface area contributed by atoms with Gasteiger partial charge in [0.25, 0.3) is 5.91 Å².